The van der Waals surface area contributed by atoms with Crippen molar-refractivity contribution in [1.29, 1.82) is 0 Å². The van der Waals surface area contributed by atoms with E-state index < -0.39 is 8.80 Å². The Morgan fingerprint density at radius 3 is 2.52 bits per heavy atom. The van der Waals surface area contributed by atoms with E-state index in [1.54, 1.807) is 45.8 Å². The number of furan rings is 1. The zero-order valence-electron chi connectivity index (χ0n) is 12.7. The molecule has 7 heteroatoms. The van der Waals surface area contributed by atoms with Crippen LogP contribution < -0.4 is 0 Å². The van der Waals surface area contributed by atoms with Gasteiger partial charge in [-0.3, -0.25) is 4.79 Å². The van der Waals surface area contributed by atoms with Crippen molar-refractivity contribution in [3.05, 3.63) is 29.7 Å². The molecule has 0 aliphatic rings. The van der Waals surface area contributed by atoms with Gasteiger partial charge in [0, 0.05) is 39.6 Å². The maximum atomic E-state index is 11.0. The van der Waals surface area contributed by atoms with Crippen molar-refractivity contribution in [1.82, 2.24) is 0 Å². The molecule has 0 saturated carbocycles. The number of ether oxygens (including phenoxy) is 1. The van der Waals surface area contributed by atoms with Gasteiger partial charge in [0.25, 0.3) is 0 Å². The highest BCUT2D eigenvalue weighted by atomic mass is 28.4. The van der Waals surface area contributed by atoms with Crippen molar-refractivity contribution >= 4 is 21.2 Å². The lowest BCUT2D eigenvalue weighted by atomic mass is 10.2. The van der Waals surface area contributed by atoms with Crippen LogP contribution in [-0.2, 0) is 22.8 Å². The van der Waals surface area contributed by atoms with Gasteiger partial charge in [0.1, 0.15) is 12.0 Å². The average Bonchev–Trinajstić information content (AvgIpc) is 3.03. The first kappa shape index (κ1) is 17.8. The Kier molecular flexibility index (Phi) is 8.17. The Bertz CT molecular complexity index is 416. The fourth-order valence-electron chi connectivity index (χ4n) is 1.80. The minimum Gasteiger partial charge on any atom is -0.465 e. The van der Waals surface area contributed by atoms with E-state index in [1.807, 2.05) is 0 Å². The van der Waals surface area contributed by atoms with Crippen molar-refractivity contribution in [2.24, 2.45) is 0 Å². The van der Waals surface area contributed by atoms with E-state index in [1.165, 1.54) is 0 Å². The predicted molar refractivity (Wildman–Crippen MR) is 79.8 cm³/mol. The lowest BCUT2D eigenvalue weighted by Gasteiger charge is -2.24. The monoisotopic (exact) mass is 314 g/mol. The van der Waals surface area contributed by atoms with Gasteiger partial charge in [0.2, 0.25) is 0 Å². The number of aldehydes is 1. The van der Waals surface area contributed by atoms with Crippen molar-refractivity contribution < 1.29 is 27.2 Å². The SMILES string of the molecule is CO[Si](CCCOCC(C=O)=Cc1ccco1)(OC)OC. The molecule has 0 N–H and O–H groups in total. The fourth-order valence-corrected chi connectivity index (χ4v) is 3.49. The van der Waals surface area contributed by atoms with Gasteiger partial charge >= 0.3 is 8.80 Å². The van der Waals surface area contributed by atoms with Crippen LogP contribution >= 0.6 is 0 Å². The Labute approximate surface area is 126 Å². The first-order chi connectivity index (χ1) is 10.2. The van der Waals surface area contributed by atoms with Gasteiger partial charge in [-0.2, -0.15) is 0 Å². The van der Waals surface area contributed by atoms with Crippen molar-refractivity contribution in [3.63, 3.8) is 0 Å². The third-order valence-electron chi connectivity index (χ3n) is 3.00. The molecule has 6 nitrogen and oxygen atoms in total. The van der Waals surface area contributed by atoms with Crippen LogP contribution in [0.5, 0.6) is 0 Å². The maximum absolute atomic E-state index is 11.0. The van der Waals surface area contributed by atoms with Gasteiger partial charge in [-0.05, 0) is 24.6 Å². The normalized spacial score (nSPS) is 12.6. The van der Waals surface area contributed by atoms with E-state index in [0.29, 0.717) is 24.0 Å². The molecular weight excluding hydrogens is 292 g/mol. The van der Waals surface area contributed by atoms with Crippen molar-refractivity contribution in [2.75, 3.05) is 34.5 Å². The molecule has 1 rings (SSSR count). The third-order valence-corrected chi connectivity index (χ3v) is 5.83. The molecule has 0 bridgehead atoms. The first-order valence-corrected chi connectivity index (χ1v) is 8.55. The van der Waals surface area contributed by atoms with E-state index in [-0.39, 0.29) is 6.61 Å². The summed E-state index contributed by atoms with van der Waals surface area (Å²) in [6.45, 7) is 0.736. The molecule has 0 saturated heterocycles. The topological polar surface area (TPSA) is 67.1 Å². The molecule has 0 amide bonds. The first-order valence-electron chi connectivity index (χ1n) is 6.62. The van der Waals surface area contributed by atoms with Gasteiger partial charge in [0.05, 0.1) is 12.9 Å². The second kappa shape index (κ2) is 9.64. The molecule has 0 aliphatic carbocycles. The summed E-state index contributed by atoms with van der Waals surface area (Å²) in [7, 11) is 2.21. The zero-order valence-corrected chi connectivity index (χ0v) is 13.7. The third kappa shape index (κ3) is 5.94. The lowest BCUT2D eigenvalue weighted by Crippen LogP contribution is -2.42. The number of hydrogen-bond acceptors (Lipinski definition) is 6. The summed E-state index contributed by atoms with van der Waals surface area (Å²) in [6.07, 6.45) is 4.71. The molecule has 118 valence electrons. The van der Waals surface area contributed by atoms with Crippen LogP contribution in [0.25, 0.3) is 6.08 Å². The molecule has 21 heavy (non-hydrogen) atoms. The molecule has 0 spiro atoms. The summed E-state index contributed by atoms with van der Waals surface area (Å²) in [5.41, 5.74) is 0.527. The van der Waals surface area contributed by atoms with Crippen LogP contribution in [0.15, 0.2) is 28.4 Å². The van der Waals surface area contributed by atoms with Crippen LogP contribution in [0.1, 0.15) is 12.2 Å². The second-order valence-corrected chi connectivity index (χ2v) is 7.39. The zero-order chi connectivity index (χ0) is 15.6. The number of carbonyl (C=O) groups excluding carboxylic acids is 1. The lowest BCUT2D eigenvalue weighted by molar-refractivity contribution is -0.105. The minimum absolute atomic E-state index is 0.242. The van der Waals surface area contributed by atoms with Crippen LogP contribution in [0, 0.1) is 0 Å². The number of carbonyl (C=O) groups is 1. The molecule has 0 fully saturated rings. The summed E-state index contributed by atoms with van der Waals surface area (Å²) in [6, 6.07) is 4.20. The molecule has 1 heterocycles. The fraction of sp³-hybridized carbons (Fsp3) is 0.500. The Balaban J connectivity index is 2.31. The molecule has 0 unspecified atom stereocenters. The summed E-state index contributed by atoms with van der Waals surface area (Å²) in [4.78, 5) is 11.0. The Morgan fingerprint density at radius 1 is 1.29 bits per heavy atom. The van der Waals surface area contributed by atoms with Crippen LogP contribution in [0.4, 0.5) is 0 Å². The largest absolute Gasteiger partial charge is 0.500 e. The van der Waals surface area contributed by atoms with Gasteiger partial charge in [-0.1, -0.05) is 0 Å². The van der Waals surface area contributed by atoms with Crippen LogP contribution in [-0.4, -0.2) is 49.6 Å². The standard InChI is InChI=1S/C14H22O6Si/c1-16-21(17-2,18-3)9-5-7-19-12-13(11-15)10-14-6-4-8-20-14/h4,6,8,10-11H,5,7,9,12H2,1-3H3. The summed E-state index contributed by atoms with van der Waals surface area (Å²) in [5, 5.41) is 0. The van der Waals surface area contributed by atoms with Crippen LogP contribution in [0.2, 0.25) is 6.04 Å². The highest BCUT2D eigenvalue weighted by molar-refractivity contribution is 6.60. The average molecular weight is 314 g/mol. The van der Waals surface area contributed by atoms with E-state index in [4.69, 9.17) is 22.4 Å². The summed E-state index contributed by atoms with van der Waals surface area (Å²) in [5.74, 6) is 0.630. The second-order valence-electron chi connectivity index (χ2n) is 4.30. The quantitative estimate of drug-likeness (QED) is 0.270. The predicted octanol–water partition coefficient (Wildman–Crippen LogP) is 2.15. The maximum Gasteiger partial charge on any atom is 0.500 e. The highest BCUT2D eigenvalue weighted by Crippen LogP contribution is 2.15. The Hall–Kier alpha value is -1.25. The molecule has 0 atom stereocenters. The van der Waals surface area contributed by atoms with E-state index in [2.05, 4.69) is 0 Å². The van der Waals surface area contributed by atoms with Crippen molar-refractivity contribution in [2.45, 2.75) is 12.5 Å². The molecule has 0 radical (unpaired) electrons. The molecule has 1 aromatic rings. The summed E-state index contributed by atoms with van der Waals surface area (Å²) < 4.78 is 26.6. The van der Waals surface area contributed by atoms with Gasteiger partial charge in [-0.25, -0.2) is 0 Å². The van der Waals surface area contributed by atoms with Gasteiger partial charge in [0.15, 0.2) is 0 Å². The van der Waals surface area contributed by atoms with Gasteiger partial charge in [-0.15, -0.1) is 0 Å². The molecule has 0 aliphatic heterocycles. The van der Waals surface area contributed by atoms with E-state index in [9.17, 15) is 4.79 Å². The summed E-state index contributed by atoms with van der Waals surface area (Å²) >= 11 is 0. The number of hydrogen-bond donors (Lipinski definition) is 0. The smallest absolute Gasteiger partial charge is 0.465 e. The Morgan fingerprint density at radius 2 is 2.00 bits per heavy atom. The molecular formula is C14H22O6Si. The van der Waals surface area contributed by atoms with E-state index in [0.717, 1.165) is 12.7 Å². The van der Waals surface area contributed by atoms with Crippen molar-refractivity contribution in [3.8, 4) is 0 Å². The molecule has 0 aromatic carbocycles. The molecule has 1 aromatic heterocycles. The van der Waals surface area contributed by atoms with Gasteiger partial charge < -0.3 is 22.4 Å². The minimum atomic E-state index is -2.53. The van der Waals surface area contributed by atoms with E-state index >= 15 is 0 Å². The highest BCUT2D eigenvalue weighted by Gasteiger charge is 2.36. The van der Waals surface area contributed by atoms with Crippen LogP contribution in [0.3, 0.4) is 0 Å². The number of rotatable bonds is 11.